The number of likely N-dealkylation sites (tertiary alicyclic amines) is 2. The molecule has 1 atom stereocenters. The number of nitrogens with one attached hydrogen (secondary N) is 2. The Morgan fingerprint density at radius 1 is 1.03 bits per heavy atom. The maximum Gasteiger partial charge on any atom is 0.338 e. The minimum Gasteiger partial charge on any atom is -0.494 e. The largest absolute Gasteiger partial charge is 0.494 e. The Kier molecular flexibility index (Phi) is 8.45. The van der Waals surface area contributed by atoms with Crippen molar-refractivity contribution < 1.29 is 19.1 Å². The molecule has 4 rings (SSSR count). The highest BCUT2D eigenvalue weighted by Crippen LogP contribution is 2.34. The average molecular weight is 471 g/mol. The maximum absolute atomic E-state index is 13.1. The lowest BCUT2D eigenvalue weighted by molar-refractivity contribution is -0.139. The fourth-order valence-corrected chi connectivity index (χ4v) is 5.38. The Morgan fingerprint density at radius 3 is 2.47 bits per heavy atom. The predicted molar refractivity (Wildman–Crippen MR) is 131 cm³/mol. The summed E-state index contributed by atoms with van der Waals surface area (Å²) in [6, 6.07) is 7.23. The van der Waals surface area contributed by atoms with E-state index in [1.165, 1.54) is 32.4 Å². The van der Waals surface area contributed by atoms with E-state index < -0.39 is 12.0 Å². The minimum absolute atomic E-state index is 0.268. The van der Waals surface area contributed by atoms with E-state index in [-0.39, 0.29) is 12.6 Å². The van der Waals surface area contributed by atoms with Crippen molar-refractivity contribution in [2.24, 2.45) is 0 Å². The third kappa shape index (κ3) is 5.73. The Morgan fingerprint density at radius 2 is 1.76 bits per heavy atom. The Hall–Kier alpha value is -2.58. The van der Waals surface area contributed by atoms with Crippen LogP contribution < -0.4 is 15.4 Å². The van der Waals surface area contributed by atoms with Gasteiger partial charge in [0.15, 0.2) is 0 Å². The molecule has 0 aliphatic carbocycles. The van der Waals surface area contributed by atoms with Gasteiger partial charge in [-0.25, -0.2) is 9.59 Å². The predicted octanol–water partition coefficient (Wildman–Crippen LogP) is 3.21. The van der Waals surface area contributed by atoms with E-state index in [1.807, 2.05) is 31.2 Å². The molecular weight excluding hydrogens is 432 g/mol. The molecule has 0 unspecified atom stereocenters. The van der Waals surface area contributed by atoms with Gasteiger partial charge in [-0.1, -0.05) is 24.6 Å². The van der Waals surface area contributed by atoms with E-state index in [4.69, 9.17) is 9.47 Å². The number of nitrogens with zero attached hydrogens (tertiary/aromatic N) is 2. The van der Waals surface area contributed by atoms with Gasteiger partial charge in [0.25, 0.3) is 0 Å². The number of rotatable bonds is 8. The van der Waals surface area contributed by atoms with Crippen LogP contribution in [-0.2, 0) is 9.53 Å². The van der Waals surface area contributed by atoms with Crippen LogP contribution in [0.25, 0.3) is 0 Å². The fraction of sp³-hybridized carbons (Fsp3) is 0.615. The maximum atomic E-state index is 13.1. The number of piperidine rings is 2. The SMILES string of the molecule is CCOC(=O)C1=C(CN2CCC(N3CCCCC3)CC2)NC(=O)N[C@@H]1c1ccccc1OCC. The molecule has 0 bridgehead atoms. The van der Waals surface area contributed by atoms with Gasteiger partial charge in [0, 0.05) is 36.9 Å². The number of carbonyl (C=O) groups is 2. The van der Waals surface area contributed by atoms with E-state index in [2.05, 4.69) is 20.4 Å². The Bertz CT molecular complexity index is 889. The van der Waals surface area contributed by atoms with Crippen molar-refractivity contribution in [1.29, 1.82) is 0 Å². The van der Waals surface area contributed by atoms with Crippen molar-refractivity contribution in [1.82, 2.24) is 20.4 Å². The first-order chi connectivity index (χ1) is 16.6. The van der Waals surface area contributed by atoms with Gasteiger partial charge in [-0.15, -0.1) is 0 Å². The van der Waals surface area contributed by atoms with Crippen molar-refractivity contribution in [3.63, 3.8) is 0 Å². The third-order valence-corrected chi connectivity index (χ3v) is 7.02. The van der Waals surface area contributed by atoms with Gasteiger partial charge in [-0.2, -0.15) is 0 Å². The van der Waals surface area contributed by atoms with Gasteiger partial charge in [0.1, 0.15) is 5.75 Å². The normalized spacial score (nSPS) is 22.8. The fourth-order valence-electron chi connectivity index (χ4n) is 5.38. The number of carbonyl (C=O) groups excluding carboxylic acids is 2. The molecule has 0 radical (unpaired) electrons. The van der Waals surface area contributed by atoms with Crippen LogP contribution in [0.2, 0.25) is 0 Å². The molecule has 0 aromatic heterocycles. The molecule has 3 heterocycles. The van der Waals surface area contributed by atoms with Crippen LogP contribution in [-0.4, -0.2) is 73.8 Å². The van der Waals surface area contributed by atoms with Gasteiger partial charge in [0.05, 0.1) is 24.8 Å². The molecule has 1 aromatic rings. The van der Waals surface area contributed by atoms with Crippen molar-refractivity contribution in [3.8, 4) is 5.75 Å². The number of esters is 1. The standard InChI is InChI=1S/C26H38N4O4/c1-3-33-22-11-7-6-10-20(22)24-23(25(31)34-4-2)21(27-26(32)28-24)18-29-16-12-19(13-17-29)30-14-8-5-9-15-30/h6-7,10-11,19,24H,3-5,8-9,12-18H2,1-2H3,(H2,27,28,32)/t24-/m1/s1. The van der Waals surface area contributed by atoms with Gasteiger partial charge >= 0.3 is 12.0 Å². The molecule has 3 aliphatic rings. The van der Waals surface area contributed by atoms with Crippen LogP contribution in [0, 0.1) is 0 Å². The molecule has 2 fully saturated rings. The highest BCUT2D eigenvalue weighted by molar-refractivity contribution is 5.95. The number of benzene rings is 1. The van der Waals surface area contributed by atoms with Crippen LogP contribution in [0.3, 0.4) is 0 Å². The van der Waals surface area contributed by atoms with E-state index in [1.54, 1.807) is 6.92 Å². The monoisotopic (exact) mass is 470 g/mol. The summed E-state index contributed by atoms with van der Waals surface area (Å²) in [6.45, 7) is 9.31. The lowest BCUT2D eigenvalue weighted by Crippen LogP contribution is -2.51. The second-order valence-corrected chi connectivity index (χ2v) is 9.22. The Labute approximate surface area is 202 Å². The smallest absolute Gasteiger partial charge is 0.338 e. The van der Waals surface area contributed by atoms with Crippen LogP contribution >= 0.6 is 0 Å². The minimum atomic E-state index is -0.628. The number of para-hydroxylation sites is 1. The molecule has 3 aliphatic heterocycles. The highest BCUT2D eigenvalue weighted by Gasteiger charge is 2.36. The first-order valence-corrected chi connectivity index (χ1v) is 12.8. The van der Waals surface area contributed by atoms with Crippen molar-refractivity contribution >= 4 is 12.0 Å². The zero-order valence-corrected chi connectivity index (χ0v) is 20.5. The quantitative estimate of drug-likeness (QED) is 0.568. The molecular formula is C26H38N4O4. The molecule has 1 aromatic carbocycles. The summed E-state index contributed by atoms with van der Waals surface area (Å²) in [5, 5.41) is 5.84. The van der Waals surface area contributed by atoms with Gasteiger partial charge in [-0.05, 0) is 58.7 Å². The van der Waals surface area contributed by atoms with Crippen LogP contribution in [0.15, 0.2) is 35.5 Å². The molecule has 8 heteroatoms. The molecule has 8 nitrogen and oxygen atoms in total. The number of ether oxygens (including phenoxy) is 2. The topological polar surface area (TPSA) is 83.1 Å². The molecule has 2 saturated heterocycles. The van der Waals surface area contributed by atoms with Crippen LogP contribution in [0.1, 0.15) is 57.6 Å². The average Bonchev–Trinajstić information content (AvgIpc) is 2.85. The molecule has 0 saturated carbocycles. The summed E-state index contributed by atoms with van der Waals surface area (Å²) in [5.74, 6) is 0.241. The second kappa shape index (κ2) is 11.7. The van der Waals surface area contributed by atoms with Gasteiger partial charge in [-0.3, -0.25) is 4.90 Å². The zero-order chi connectivity index (χ0) is 23.9. The molecule has 0 spiro atoms. The highest BCUT2D eigenvalue weighted by atomic mass is 16.5. The number of urea groups is 1. The van der Waals surface area contributed by atoms with Crippen LogP contribution in [0.4, 0.5) is 4.79 Å². The van der Waals surface area contributed by atoms with E-state index >= 15 is 0 Å². The zero-order valence-electron chi connectivity index (χ0n) is 20.5. The summed E-state index contributed by atoms with van der Waals surface area (Å²) in [7, 11) is 0. The van der Waals surface area contributed by atoms with E-state index in [9.17, 15) is 9.59 Å². The lowest BCUT2D eigenvalue weighted by atomic mass is 9.93. The first-order valence-electron chi connectivity index (χ1n) is 12.8. The first kappa shape index (κ1) is 24.5. The number of hydrogen-bond acceptors (Lipinski definition) is 6. The lowest BCUT2D eigenvalue weighted by Gasteiger charge is -2.41. The van der Waals surface area contributed by atoms with Crippen molar-refractivity contribution in [2.45, 2.75) is 58.0 Å². The second-order valence-electron chi connectivity index (χ2n) is 9.22. The molecule has 34 heavy (non-hydrogen) atoms. The van der Waals surface area contributed by atoms with Crippen LogP contribution in [0.5, 0.6) is 5.75 Å². The van der Waals surface area contributed by atoms with Crippen molar-refractivity contribution in [3.05, 3.63) is 41.1 Å². The third-order valence-electron chi connectivity index (χ3n) is 7.02. The number of hydrogen-bond donors (Lipinski definition) is 2. The molecule has 2 N–H and O–H groups in total. The van der Waals surface area contributed by atoms with Gasteiger partial charge in [0.2, 0.25) is 0 Å². The van der Waals surface area contributed by atoms with E-state index in [0.29, 0.717) is 36.2 Å². The number of amides is 2. The van der Waals surface area contributed by atoms with Gasteiger partial charge < -0.3 is 25.0 Å². The Balaban J connectivity index is 1.56. The summed E-state index contributed by atoms with van der Waals surface area (Å²) in [5.41, 5.74) is 1.82. The van der Waals surface area contributed by atoms with Crippen molar-refractivity contribution in [2.75, 3.05) is 45.9 Å². The molecule has 186 valence electrons. The molecule has 2 amide bonds. The summed E-state index contributed by atoms with van der Waals surface area (Å²) < 4.78 is 11.2. The summed E-state index contributed by atoms with van der Waals surface area (Å²) in [6.07, 6.45) is 6.19. The summed E-state index contributed by atoms with van der Waals surface area (Å²) in [4.78, 5) is 30.8. The summed E-state index contributed by atoms with van der Waals surface area (Å²) >= 11 is 0. The van der Waals surface area contributed by atoms with E-state index in [0.717, 1.165) is 31.5 Å².